The molecule has 4 heterocycles. The number of ether oxygens (including phenoxy) is 1. The highest BCUT2D eigenvalue weighted by Gasteiger charge is 2.36. The summed E-state index contributed by atoms with van der Waals surface area (Å²) in [7, 11) is 3.43. The Morgan fingerprint density at radius 3 is 2.72 bits per heavy atom. The van der Waals surface area contributed by atoms with Crippen LogP contribution < -0.4 is 10.5 Å². The molecule has 0 amide bonds. The summed E-state index contributed by atoms with van der Waals surface area (Å²) in [6.45, 7) is 6.52. The Morgan fingerprint density at radius 1 is 1.19 bits per heavy atom. The van der Waals surface area contributed by atoms with Crippen LogP contribution in [0.5, 0.6) is 0 Å². The Hall–Kier alpha value is -3.81. The van der Waals surface area contributed by atoms with E-state index < -0.39 is 0 Å². The molecule has 1 aliphatic heterocycles. The van der Waals surface area contributed by atoms with Gasteiger partial charge in [-0.05, 0) is 31.5 Å². The molecule has 0 bridgehead atoms. The molecule has 0 saturated carbocycles. The first-order chi connectivity index (χ1) is 17.4. The van der Waals surface area contributed by atoms with Gasteiger partial charge in [0.1, 0.15) is 12.1 Å². The third-order valence-electron chi connectivity index (χ3n) is 7.20. The zero-order valence-electron chi connectivity index (χ0n) is 21.0. The number of piperazine rings is 1. The van der Waals surface area contributed by atoms with Crippen molar-refractivity contribution in [1.29, 1.82) is 5.26 Å². The number of hydrogen-bond acceptors (Lipinski definition) is 8. The van der Waals surface area contributed by atoms with Crippen molar-refractivity contribution < 1.29 is 4.74 Å². The van der Waals surface area contributed by atoms with Gasteiger partial charge in [0.05, 0.1) is 47.2 Å². The van der Waals surface area contributed by atoms with Gasteiger partial charge in [0.25, 0.3) is 5.56 Å². The molecule has 3 atom stereocenters. The highest BCUT2D eigenvalue weighted by Crippen LogP contribution is 2.33. The minimum atomic E-state index is -0.106. The molecular weight excluding hydrogens is 456 g/mol. The van der Waals surface area contributed by atoms with Crippen molar-refractivity contribution >= 4 is 27.8 Å². The molecule has 10 heteroatoms. The Kier molecular flexibility index (Phi) is 6.43. The van der Waals surface area contributed by atoms with Gasteiger partial charge in [0.15, 0.2) is 0 Å². The lowest BCUT2D eigenvalue weighted by Gasteiger charge is -2.48. The minimum absolute atomic E-state index is 0.0188. The Labute approximate surface area is 209 Å². The number of benzene rings is 1. The van der Waals surface area contributed by atoms with E-state index in [1.807, 2.05) is 6.07 Å². The molecule has 36 heavy (non-hydrogen) atoms. The number of rotatable bonds is 6. The van der Waals surface area contributed by atoms with Crippen LogP contribution in [0.25, 0.3) is 22.1 Å². The summed E-state index contributed by atoms with van der Waals surface area (Å²) in [5, 5.41) is 13.8. The quantitative estimate of drug-likeness (QED) is 0.409. The molecule has 4 aromatic rings. The summed E-state index contributed by atoms with van der Waals surface area (Å²) in [4.78, 5) is 26.4. The first-order valence-corrected chi connectivity index (χ1v) is 12.1. The third kappa shape index (κ3) is 4.21. The normalized spacial score (nSPS) is 19.6. The molecule has 3 aromatic heterocycles. The van der Waals surface area contributed by atoms with E-state index >= 15 is 0 Å². The van der Waals surface area contributed by atoms with Crippen LogP contribution in [0, 0.1) is 11.3 Å². The number of nitrogens with zero attached hydrogens (tertiary/aromatic N) is 8. The fraction of sp³-hybridized carbons (Fsp3) is 0.423. The topological polar surface area (TPSA) is 105 Å². The molecule has 0 spiro atoms. The Balaban J connectivity index is 1.50. The van der Waals surface area contributed by atoms with Gasteiger partial charge in [-0.25, -0.2) is 0 Å². The molecule has 1 aromatic carbocycles. The van der Waals surface area contributed by atoms with Gasteiger partial charge in [-0.2, -0.15) is 10.4 Å². The molecule has 0 aliphatic carbocycles. The van der Waals surface area contributed by atoms with Gasteiger partial charge in [-0.15, -0.1) is 0 Å². The Morgan fingerprint density at radius 2 is 1.97 bits per heavy atom. The molecule has 10 nitrogen and oxygen atoms in total. The average molecular weight is 487 g/mol. The number of pyridine rings is 1. The maximum atomic E-state index is 12.9. The monoisotopic (exact) mass is 486 g/mol. The number of aromatic nitrogens is 5. The second-order valence-corrected chi connectivity index (χ2v) is 9.43. The van der Waals surface area contributed by atoms with Crippen LogP contribution in [0.15, 0.2) is 47.7 Å². The van der Waals surface area contributed by atoms with Crippen molar-refractivity contribution in [3.63, 3.8) is 0 Å². The summed E-state index contributed by atoms with van der Waals surface area (Å²) in [6, 6.07) is 10.4. The molecule has 1 unspecified atom stereocenters. The second-order valence-electron chi connectivity index (χ2n) is 9.43. The molecule has 0 N–H and O–H groups in total. The molecule has 5 rings (SSSR count). The fourth-order valence-electron chi connectivity index (χ4n) is 5.27. The predicted molar refractivity (Wildman–Crippen MR) is 138 cm³/mol. The zero-order valence-corrected chi connectivity index (χ0v) is 21.0. The van der Waals surface area contributed by atoms with Gasteiger partial charge in [-0.3, -0.25) is 24.3 Å². The lowest BCUT2D eigenvalue weighted by Crippen LogP contribution is -2.59. The van der Waals surface area contributed by atoms with Crippen LogP contribution in [0.4, 0.5) is 5.69 Å². The maximum Gasteiger partial charge on any atom is 0.252 e. The van der Waals surface area contributed by atoms with Crippen LogP contribution in [-0.2, 0) is 18.3 Å². The largest absolute Gasteiger partial charge is 0.383 e. The summed E-state index contributed by atoms with van der Waals surface area (Å²) in [6.07, 6.45) is 5.19. The average Bonchev–Trinajstić information content (AvgIpc) is 3.31. The Bertz CT molecular complexity index is 1500. The van der Waals surface area contributed by atoms with E-state index in [0.717, 1.165) is 28.8 Å². The van der Waals surface area contributed by atoms with E-state index in [2.05, 4.69) is 56.9 Å². The fourth-order valence-corrected chi connectivity index (χ4v) is 5.27. The lowest BCUT2D eigenvalue weighted by molar-refractivity contribution is 0.0806. The number of methoxy groups -OCH3 is 1. The van der Waals surface area contributed by atoms with Gasteiger partial charge in [0.2, 0.25) is 0 Å². The lowest BCUT2D eigenvalue weighted by atomic mass is 9.99. The first-order valence-electron chi connectivity index (χ1n) is 12.1. The van der Waals surface area contributed by atoms with Crippen LogP contribution >= 0.6 is 0 Å². The highest BCUT2D eigenvalue weighted by atomic mass is 16.5. The first kappa shape index (κ1) is 23.9. The van der Waals surface area contributed by atoms with Crippen LogP contribution in [0.2, 0.25) is 0 Å². The van der Waals surface area contributed by atoms with E-state index in [1.165, 1.54) is 5.56 Å². The summed E-state index contributed by atoms with van der Waals surface area (Å²) in [5.74, 6) is 0. The minimum Gasteiger partial charge on any atom is -0.383 e. The number of anilines is 1. The van der Waals surface area contributed by atoms with Crippen molar-refractivity contribution in [2.45, 2.75) is 38.5 Å². The van der Waals surface area contributed by atoms with E-state index in [-0.39, 0.29) is 30.2 Å². The molecule has 1 fully saturated rings. The number of fused-ring (bicyclic) bond motifs is 2. The summed E-state index contributed by atoms with van der Waals surface area (Å²) >= 11 is 0. The van der Waals surface area contributed by atoms with Crippen molar-refractivity contribution in [3.8, 4) is 6.07 Å². The summed E-state index contributed by atoms with van der Waals surface area (Å²) in [5.41, 5.74) is 5.06. The number of aryl methyl sites for hydroxylation is 1. The van der Waals surface area contributed by atoms with Crippen molar-refractivity contribution in [2.75, 3.05) is 31.7 Å². The maximum absolute atomic E-state index is 12.9. The summed E-state index contributed by atoms with van der Waals surface area (Å²) < 4.78 is 8.80. The van der Waals surface area contributed by atoms with Gasteiger partial charge in [-0.1, -0.05) is 6.07 Å². The molecule has 186 valence electrons. The van der Waals surface area contributed by atoms with Crippen molar-refractivity contribution in [1.82, 2.24) is 29.2 Å². The van der Waals surface area contributed by atoms with E-state index in [4.69, 9.17) is 10.00 Å². The van der Waals surface area contributed by atoms with Gasteiger partial charge < -0.3 is 14.2 Å². The van der Waals surface area contributed by atoms with Crippen LogP contribution in [-0.4, -0.2) is 68.1 Å². The van der Waals surface area contributed by atoms with E-state index in [1.54, 1.807) is 48.1 Å². The molecule has 0 radical (unpaired) electrons. The standard InChI is InChI=1S/C26H30N8O2/c1-17-13-34(23-12-25(35)31(3)24-15-32(10-7-27)30-26(23)24)20(16-36-4)14-33(17)18(2)19-5-6-21-22(11-19)29-9-8-28-21/h5-6,8-9,11-12,15,17-18,20H,10,13-14,16H2,1-4H3/t17-,18?,20-/m1/s1. The number of nitriles is 1. The van der Waals surface area contributed by atoms with E-state index in [0.29, 0.717) is 18.7 Å². The zero-order chi connectivity index (χ0) is 25.4. The number of hydrogen-bond donors (Lipinski definition) is 0. The van der Waals surface area contributed by atoms with Gasteiger partial charge in [0, 0.05) is 57.8 Å². The van der Waals surface area contributed by atoms with Crippen LogP contribution in [0.1, 0.15) is 25.5 Å². The molecule has 1 saturated heterocycles. The van der Waals surface area contributed by atoms with E-state index in [9.17, 15) is 4.79 Å². The van der Waals surface area contributed by atoms with Crippen molar-refractivity contribution in [3.05, 3.63) is 58.8 Å². The van der Waals surface area contributed by atoms with Gasteiger partial charge >= 0.3 is 0 Å². The highest BCUT2D eigenvalue weighted by molar-refractivity contribution is 5.88. The van der Waals surface area contributed by atoms with Crippen molar-refractivity contribution in [2.24, 2.45) is 7.05 Å². The van der Waals surface area contributed by atoms with Crippen LogP contribution in [0.3, 0.4) is 0 Å². The predicted octanol–water partition coefficient (Wildman–Crippen LogP) is 2.49. The smallest absolute Gasteiger partial charge is 0.252 e. The SMILES string of the molecule is COC[C@H]1CN(C(C)c2ccc3nccnc3c2)[C@H](C)CN1c1cc(=O)n(C)c2cn(CC#N)nc12. The second kappa shape index (κ2) is 9.68. The molecular formula is C26H30N8O2. The third-order valence-corrected chi connectivity index (χ3v) is 7.20. The molecule has 1 aliphatic rings.